The monoisotopic (exact) mass is 397 g/mol. The van der Waals surface area contributed by atoms with Crippen LogP contribution in [-0.2, 0) is 4.79 Å². The molecule has 150 valence electrons. The number of amides is 1. The van der Waals surface area contributed by atoms with E-state index in [4.69, 9.17) is 4.98 Å². The largest absolute Gasteiger partial charge is 0.354 e. The molecule has 4 nitrogen and oxygen atoms in total. The Morgan fingerprint density at radius 2 is 1.86 bits per heavy atom. The van der Waals surface area contributed by atoms with E-state index in [-0.39, 0.29) is 11.9 Å². The molecule has 1 N–H and O–H groups in total. The Hall–Kier alpha value is -1.46. The summed E-state index contributed by atoms with van der Waals surface area (Å²) in [6, 6.07) is 8.39. The van der Waals surface area contributed by atoms with Gasteiger partial charge in [-0.2, -0.15) is 0 Å². The molecule has 0 aliphatic heterocycles. The van der Waals surface area contributed by atoms with Gasteiger partial charge in [0, 0.05) is 6.54 Å². The first-order valence-corrected chi connectivity index (χ1v) is 11.6. The van der Waals surface area contributed by atoms with Gasteiger partial charge in [-0.1, -0.05) is 12.1 Å². The van der Waals surface area contributed by atoms with Crippen molar-refractivity contribution in [2.75, 3.05) is 20.1 Å². The average Bonchev–Trinajstić information content (AvgIpc) is 3.09. The van der Waals surface area contributed by atoms with E-state index in [1.54, 1.807) is 11.3 Å². The molecule has 4 aliphatic rings. The molecule has 0 radical (unpaired) electrons. The summed E-state index contributed by atoms with van der Waals surface area (Å²) in [7, 11) is 2.03. The second-order valence-corrected chi connectivity index (χ2v) is 10.9. The molecular formula is C23H31N3OS. The first kappa shape index (κ1) is 18.6. The molecule has 5 heteroatoms. The van der Waals surface area contributed by atoms with Crippen LogP contribution in [-0.4, -0.2) is 35.9 Å². The van der Waals surface area contributed by atoms with E-state index in [0.29, 0.717) is 12.0 Å². The number of likely N-dealkylation sites (N-methyl/N-ethyl adjacent to an activating group) is 1. The number of para-hydroxylation sites is 1. The van der Waals surface area contributed by atoms with Crippen LogP contribution in [0.1, 0.15) is 56.5 Å². The molecule has 1 aromatic heterocycles. The van der Waals surface area contributed by atoms with Crippen LogP contribution in [0.15, 0.2) is 24.3 Å². The van der Waals surface area contributed by atoms with Gasteiger partial charge in [0.05, 0.1) is 22.8 Å². The van der Waals surface area contributed by atoms with Gasteiger partial charge in [0.25, 0.3) is 0 Å². The lowest BCUT2D eigenvalue weighted by atomic mass is 9.49. The maximum atomic E-state index is 12.7. The highest BCUT2D eigenvalue weighted by Crippen LogP contribution is 2.59. The third-order valence-electron chi connectivity index (χ3n) is 7.55. The van der Waals surface area contributed by atoms with Crippen LogP contribution in [0.25, 0.3) is 10.2 Å². The lowest BCUT2D eigenvalue weighted by Gasteiger charge is -2.56. The number of hydrogen-bond acceptors (Lipinski definition) is 4. The normalized spacial score (nSPS) is 32.2. The van der Waals surface area contributed by atoms with E-state index in [9.17, 15) is 4.79 Å². The number of aromatic nitrogens is 1. The van der Waals surface area contributed by atoms with E-state index >= 15 is 0 Å². The number of nitrogens with zero attached hydrogens (tertiary/aromatic N) is 2. The Morgan fingerprint density at radius 1 is 1.21 bits per heavy atom. The maximum absolute atomic E-state index is 12.7. The van der Waals surface area contributed by atoms with Gasteiger partial charge < -0.3 is 5.32 Å². The molecule has 1 heterocycles. The predicted octanol–water partition coefficient (Wildman–Crippen LogP) is 4.62. The van der Waals surface area contributed by atoms with Crippen LogP contribution >= 0.6 is 11.3 Å². The average molecular weight is 398 g/mol. The summed E-state index contributed by atoms with van der Waals surface area (Å²) in [5.74, 6) is 2.96. The Bertz CT molecular complexity index is 807. The van der Waals surface area contributed by atoms with Gasteiger partial charge in [-0.3, -0.25) is 9.69 Å². The molecule has 4 bridgehead atoms. The van der Waals surface area contributed by atoms with Gasteiger partial charge >= 0.3 is 0 Å². The quantitative estimate of drug-likeness (QED) is 0.773. The second-order valence-electron chi connectivity index (χ2n) is 9.81. The topological polar surface area (TPSA) is 45.2 Å². The first-order chi connectivity index (χ1) is 13.5. The molecule has 4 fully saturated rings. The molecule has 1 atom stereocenters. The van der Waals surface area contributed by atoms with Crippen LogP contribution in [0.4, 0.5) is 0 Å². The Morgan fingerprint density at radius 3 is 2.50 bits per heavy atom. The number of thiazole rings is 1. The van der Waals surface area contributed by atoms with Crippen LogP contribution in [0.2, 0.25) is 0 Å². The molecule has 4 aliphatic carbocycles. The number of rotatable bonds is 6. The lowest BCUT2D eigenvalue weighted by molar-refractivity contribution is -0.124. The SMILES string of the molecule is C[C@@H](c1nc2ccccc2s1)N(C)CC(=O)NCC12CC3CC(CC(C3)C1)C2. The van der Waals surface area contributed by atoms with Crippen molar-refractivity contribution in [3.05, 3.63) is 29.3 Å². The smallest absolute Gasteiger partial charge is 0.234 e. The summed E-state index contributed by atoms with van der Waals surface area (Å²) >= 11 is 1.73. The minimum atomic E-state index is 0.141. The van der Waals surface area contributed by atoms with Crippen molar-refractivity contribution >= 4 is 27.5 Å². The van der Waals surface area contributed by atoms with Gasteiger partial charge in [-0.15, -0.1) is 11.3 Å². The standard InChI is InChI=1S/C23H31N3OS/c1-15(22-25-19-5-3-4-6-20(19)28-22)26(2)13-21(27)24-14-23-10-16-7-17(11-23)9-18(8-16)12-23/h3-6,15-18H,7-14H2,1-2H3,(H,24,27)/t15-,16?,17?,18?,23?/m0/s1. The molecule has 0 saturated heterocycles. The third-order valence-corrected chi connectivity index (χ3v) is 8.75. The Balaban J connectivity index is 1.17. The van der Waals surface area contributed by atoms with E-state index in [1.807, 2.05) is 13.1 Å². The molecule has 0 unspecified atom stereocenters. The molecule has 1 aromatic carbocycles. The second kappa shape index (κ2) is 7.10. The number of fused-ring (bicyclic) bond motifs is 1. The Kier molecular flexibility index (Phi) is 4.71. The van der Waals surface area contributed by atoms with Crippen molar-refractivity contribution in [1.82, 2.24) is 15.2 Å². The molecule has 0 spiro atoms. The third kappa shape index (κ3) is 3.48. The van der Waals surface area contributed by atoms with Crippen LogP contribution < -0.4 is 5.32 Å². The Labute approximate surface area is 171 Å². The summed E-state index contributed by atoms with van der Waals surface area (Å²) in [5.41, 5.74) is 1.45. The highest BCUT2D eigenvalue weighted by molar-refractivity contribution is 7.18. The van der Waals surface area contributed by atoms with E-state index in [1.165, 1.54) is 43.2 Å². The summed E-state index contributed by atoms with van der Waals surface area (Å²) in [6.07, 6.45) is 8.40. The molecule has 6 rings (SSSR count). The fraction of sp³-hybridized carbons (Fsp3) is 0.652. The lowest BCUT2D eigenvalue weighted by Crippen LogP contribution is -2.52. The molecule has 4 saturated carbocycles. The van der Waals surface area contributed by atoms with Gasteiger partial charge in [0.1, 0.15) is 5.01 Å². The minimum absolute atomic E-state index is 0.141. The molecule has 2 aromatic rings. The van der Waals surface area contributed by atoms with Crippen LogP contribution in [0.3, 0.4) is 0 Å². The number of nitrogens with one attached hydrogen (secondary N) is 1. The summed E-state index contributed by atoms with van der Waals surface area (Å²) in [5, 5.41) is 4.39. The summed E-state index contributed by atoms with van der Waals surface area (Å²) in [6.45, 7) is 3.46. The molecule has 1 amide bonds. The predicted molar refractivity (Wildman–Crippen MR) is 114 cm³/mol. The fourth-order valence-electron chi connectivity index (χ4n) is 6.47. The van der Waals surface area contributed by atoms with Gasteiger partial charge in [0.15, 0.2) is 0 Å². The number of hydrogen-bond donors (Lipinski definition) is 1. The van der Waals surface area contributed by atoms with Crippen molar-refractivity contribution in [3.63, 3.8) is 0 Å². The van der Waals surface area contributed by atoms with E-state index in [0.717, 1.165) is 34.8 Å². The zero-order chi connectivity index (χ0) is 19.3. The zero-order valence-electron chi connectivity index (χ0n) is 17.0. The maximum Gasteiger partial charge on any atom is 0.234 e. The number of benzene rings is 1. The van der Waals surface area contributed by atoms with Gasteiger partial charge in [-0.25, -0.2) is 4.98 Å². The minimum Gasteiger partial charge on any atom is -0.354 e. The highest BCUT2D eigenvalue weighted by Gasteiger charge is 2.50. The van der Waals surface area contributed by atoms with Gasteiger partial charge in [-0.05, 0) is 87.8 Å². The summed E-state index contributed by atoms with van der Waals surface area (Å²) in [4.78, 5) is 19.6. The first-order valence-electron chi connectivity index (χ1n) is 10.8. The van der Waals surface area contributed by atoms with Crippen molar-refractivity contribution < 1.29 is 4.79 Å². The van der Waals surface area contributed by atoms with Gasteiger partial charge in [0.2, 0.25) is 5.91 Å². The highest BCUT2D eigenvalue weighted by atomic mass is 32.1. The summed E-state index contributed by atoms with van der Waals surface area (Å²) < 4.78 is 1.21. The van der Waals surface area contributed by atoms with E-state index < -0.39 is 0 Å². The number of carbonyl (C=O) groups excluding carboxylic acids is 1. The van der Waals surface area contributed by atoms with E-state index in [2.05, 4.69) is 35.3 Å². The van der Waals surface area contributed by atoms with Crippen molar-refractivity contribution in [2.24, 2.45) is 23.2 Å². The fourth-order valence-corrected chi connectivity index (χ4v) is 7.55. The zero-order valence-corrected chi connectivity index (χ0v) is 17.8. The van der Waals surface area contributed by atoms with Crippen molar-refractivity contribution in [3.8, 4) is 0 Å². The van der Waals surface area contributed by atoms with Crippen molar-refractivity contribution in [2.45, 2.75) is 51.5 Å². The number of carbonyl (C=O) groups is 1. The van der Waals surface area contributed by atoms with Crippen LogP contribution in [0.5, 0.6) is 0 Å². The molecule has 28 heavy (non-hydrogen) atoms. The molecular weight excluding hydrogens is 366 g/mol. The van der Waals surface area contributed by atoms with Crippen molar-refractivity contribution in [1.29, 1.82) is 0 Å². The van der Waals surface area contributed by atoms with Crippen LogP contribution in [0, 0.1) is 23.2 Å².